The van der Waals surface area contributed by atoms with Crippen molar-refractivity contribution in [2.75, 3.05) is 0 Å². The van der Waals surface area contributed by atoms with Crippen LogP contribution in [0.25, 0.3) is 10.9 Å². The van der Waals surface area contributed by atoms with E-state index in [0.29, 0.717) is 27.4 Å². The smallest absolute Gasteiger partial charge is 0.259 e. The molecule has 0 spiro atoms. The second-order valence-corrected chi connectivity index (χ2v) is 5.45. The lowest BCUT2D eigenvalue weighted by atomic mass is 10.2. The molecular weight excluding hydrogens is 282 g/mol. The lowest BCUT2D eigenvalue weighted by molar-refractivity contribution is 0.973. The normalized spacial score (nSPS) is 10.4. The van der Waals surface area contributed by atoms with E-state index in [9.17, 15) is 4.79 Å². The number of H-pyrrole nitrogens is 1. The first kappa shape index (κ1) is 13.4. The molecule has 21 heavy (non-hydrogen) atoms. The third-order valence-corrected chi connectivity index (χ3v) is 3.99. The number of nitrogens with one attached hydrogen (secondary N) is 1. The first-order valence-electron chi connectivity index (χ1n) is 6.37. The van der Waals surface area contributed by atoms with Crippen molar-refractivity contribution in [2.24, 2.45) is 0 Å². The van der Waals surface area contributed by atoms with E-state index in [1.54, 1.807) is 18.2 Å². The van der Waals surface area contributed by atoms with E-state index in [1.165, 1.54) is 11.8 Å². The Morgan fingerprint density at radius 3 is 2.67 bits per heavy atom. The van der Waals surface area contributed by atoms with Crippen LogP contribution in [0.1, 0.15) is 11.1 Å². The number of fused-ring (bicyclic) bond motifs is 1. The summed E-state index contributed by atoms with van der Waals surface area (Å²) in [6, 6.07) is 16.7. The quantitative estimate of drug-likeness (QED) is 0.595. The summed E-state index contributed by atoms with van der Waals surface area (Å²) in [6.07, 6.45) is 0. The van der Waals surface area contributed by atoms with Gasteiger partial charge < -0.3 is 4.98 Å². The Bertz CT molecular complexity index is 878. The van der Waals surface area contributed by atoms with Crippen molar-refractivity contribution in [1.82, 2.24) is 9.97 Å². The number of aromatic nitrogens is 2. The molecule has 4 nitrogen and oxygen atoms in total. The molecule has 0 unspecified atom stereocenters. The Hall–Kier alpha value is -2.58. The van der Waals surface area contributed by atoms with Gasteiger partial charge in [-0.05, 0) is 29.8 Å². The summed E-state index contributed by atoms with van der Waals surface area (Å²) in [5.74, 6) is 0.687. The van der Waals surface area contributed by atoms with Gasteiger partial charge in [0, 0.05) is 5.75 Å². The van der Waals surface area contributed by atoms with Crippen LogP contribution in [0.4, 0.5) is 0 Å². The summed E-state index contributed by atoms with van der Waals surface area (Å²) >= 11 is 1.47. The highest BCUT2D eigenvalue weighted by Gasteiger charge is 2.04. The molecule has 5 heteroatoms. The molecule has 0 atom stereocenters. The van der Waals surface area contributed by atoms with E-state index in [2.05, 4.69) is 16.0 Å². The van der Waals surface area contributed by atoms with Gasteiger partial charge in [-0.2, -0.15) is 5.26 Å². The van der Waals surface area contributed by atoms with Gasteiger partial charge in [0.1, 0.15) is 0 Å². The first-order chi connectivity index (χ1) is 10.3. The zero-order valence-electron chi connectivity index (χ0n) is 11.0. The molecule has 2 aromatic carbocycles. The highest BCUT2D eigenvalue weighted by molar-refractivity contribution is 7.98. The van der Waals surface area contributed by atoms with Crippen molar-refractivity contribution >= 4 is 22.7 Å². The van der Waals surface area contributed by atoms with Crippen molar-refractivity contribution in [1.29, 1.82) is 5.26 Å². The number of rotatable bonds is 3. The van der Waals surface area contributed by atoms with Gasteiger partial charge in [0.15, 0.2) is 5.16 Å². The lowest BCUT2D eigenvalue weighted by Gasteiger charge is -2.03. The number of nitrogens with zero attached hydrogens (tertiary/aromatic N) is 2. The molecule has 0 aliphatic rings. The Balaban J connectivity index is 1.81. The fraction of sp³-hybridized carbons (Fsp3) is 0.0625. The topological polar surface area (TPSA) is 69.5 Å². The molecule has 0 bridgehead atoms. The van der Waals surface area contributed by atoms with Gasteiger partial charge in [0.05, 0.1) is 22.5 Å². The van der Waals surface area contributed by atoms with E-state index < -0.39 is 0 Å². The zero-order valence-corrected chi connectivity index (χ0v) is 11.9. The van der Waals surface area contributed by atoms with Crippen LogP contribution in [-0.4, -0.2) is 9.97 Å². The minimum absolute atomic E-state index is 0.122. The van der Waals surface area contributed by atoms with Crippen molar-refractivity contribution < 1.29 is 0 Å². The van der Waals surface area contributed by atoms with E-state index in [1.807, 2.05) is 30.3 Å². The van der Waals surface area contributed by atoms with E-state index in [-0.39, 0.29) is 5.56 Å². The van der Waals surface area contributed by atoms with Crippen molar-refractivity contribution in [3.05, 3.63) is 70.0 Å². The van der Waals surface area contributed by atoms with Crippen LogP contribution in [0.2, 0.25) is 0 Å². The summed E-state index contributed by atoms with van der Waals surface area (Å²) in [4.78, 5) is 19.2. The second kappa shape index (κ2) is 5.81. The van der Waals surface area contributed by atoms with Gasteiger partial charge in [-0.3, -0.25) is 4.79 Å². The maximum absolute atomic E-state index is 11.9. The highest BCUT2D eigenvalue weighted by Crippen LogP contribution is 2.20. The predicted octanol–water partition coefficient (Wildman–Crippen LogP) is 3.09. The van der Waals surface area contributed by atoms with E-state index in [0.717, 1.165) is 5.56 Å². The van der Waals surface area contributed by atoms with Crippen LogP contribution >= 0.6 is 11.8 Å². The highest BCUT2D eigenvalue weighted by atomic mass is 32.2. The second-order valence-electron chi connectivity index (χ2n) is 4.49. The molecule has 1 heterocycles. The standard InChI is InChI=1S/C16H11N3OS/c17-9-11-5-7-12(8-6-11)10-21-16-18-14-4-2-1-3-13(14)15(20)19-16/h1-8H,10H2,(H,18,19,20). The number of thioether (sulfide) groups is 1. The molecule has 0 saturated heterocycles. The Labute approximate surface area is 125 Å². The Kier molecular flexibility index (Phi) is 3.71. The third-order valence-electron chi connectivity index (χ3n) is 3.05. The summed E-state index contributed by atoms with van der Waals surface area (Å²) in [5, 5.41) is 9.96. The molecule has 1 N–H and O–H groups in total. The van der Waals surface area contributed by atoms with Gasteiger partial charge in [0.2, 0.25) is 0 Å². The molecule has 1 aromatic heterocycles. The molecule has 3 rings (SSSR count). The summed E-state index contributed by atoms with van der Waals surface area (Å²) in [7, 11) is 0. The number of para-hydroxylation sites is 1. The van der Waals surface area contributed by atoms with Crippen molar-refractivity contribution in [2.45, 2.75) is 10.9 Å². The number of nitriles is 1. The van der Waals surface area contributed by atoms with Crippen molar-refractivity contribution in [3.63, 3.8) is 0 Å². The van der Waals surface area contributed by atoms with Crippen LogP contribution in [0.3, 0.4) is 0 Å². The van der Waals surface area contributed by atoms with E-state index >= 15 is 0 Å². The maximum Gasteiger partial charge on any atom is 0.259 e. The molecule has 0 amide bonds. The number of aromatic amines is 1. The molecule has 102 valence electrons. The molecule has 0 saturated carbocycles. The van der Waals surface area contributed by atoms with Gasteiger partial charge in [-0.25, -0.2) is 4.98 Å². The van der Waals surface area contributed by atoms with E-state index in [4.69, 9.17) is 5.26 Å². The Morgan fingerprint density at radius 1 is 1.14 bits per heavy atom. The van der Waals surface area contributed by atoms with Gasteiger partial charge in [-0.15, -0.1) is 0 Å². The maximum atomic E-state index is 11.9. The fourth-order valence-corrected chi connectivity index (χ4v) is 2.78. The molecule has 0 fully saturated rings. The monoisotopic (exact) mass is 293 g/mol. The minimum Gasteiger partial charge on any atom is -0.301 e. The van der Waals surface area contributed by atoms with Crippen LogP contribution in [0.15, 0.2) is 58.5 Å². The van der Waals surface area contributed by atoms with Gasteiger partial charge in [0.25, 0.3) is 5.56 Å². The number of benzene rings is 2. The summed E-state index contributed by atoms with van der Waals surface area (Å²) < 4.78 is 0. The molecule has 0 aliphatic heterocycles. The van der Waals surface area contributed by atoms with Gasteiger partial charge >= 0.3 is 0 Å². The number of hydrogen-bond acceptors (Lipinski definition) is 4. The Morgan fingerprint density at radius 2 is 1.90 bits per heavy atom. The average Bonchev–Trinajstić information content (AvgIpc) is 2.53. The molecule has 3 aromatic rings. The van der Waals surface area contributed by atoms with Crippen LogP contribution < -0.4 is 5.56 Å². The molecule has 0 aliphatic carbocycles. The fourth-order valence-electron chi connectivity index (χ4n) is 1.96. The van der Waals surface area contributed by atoms with Crippen LogP contribution in [0, 0.1) is 11.3 Å². The van der Waals surface area contributed by atoms with Crippen molar-refractivity contribution in [3.8, 4) is 6.07 Å². The summed E-state index contributed by atoms with van der Waals surface area (Å²) in [5.41, 5.74) is 2.29. The lowest BCUT2D eigenvalue weighted by Crippen LogP contribution is -2.08. The summed E-state index contributed by atoms with van der Waals surface area (Å²) in [6.45, 7) is 0. The average molecular weight is 293 g/mol. The third kappa shape index (κ3) is 2.96. The largest absolute Gasteiger partial charge is 0.301 e. The van der Waals surface area contributed by atoms with Gasteiger partial charge in [-0.1, -0.05) is 36.0 Å². The first-order valence-corrected chi connectivity index (χ1v) is 7.36. The SMILES string of the molecule is N#Cc1ccc(CSc2nc3ccccc3c(=O)[nH]2)cc1. The zero-order chi connectivity index (χ0) is 14.7. The predicted molar refractivity (Wildman–Crippen MR) is 83.1 cm³/mol. The van der Waals surface area contributed by atoms with Crippen LogP contribution in [-0.2, 0) is 5.75 Å². The van der Waals surface area contributed by atoms with Crippen LogP contribution in [0.5, 0.6) is 0 Å². The molecular formula is C16H11N3OS. The molecule has 0 radical (unpaired) electrons. The number of hydrogen-bond donors (Lipinski definition) is 1. The minimum atomic E-state index is -0.122.